The molecular weight excluding hydrogens is 355 g/mol. The summed E-state index contributed by atoms with van der Waals surface area (Å²) in [5.74, 6) is 0. The van der Waals surface area contributed by atoms with Gasteiger partial charge < -0.3 is 4.57 Å². The highest BCUT2D eigenvalue weighted by molar-refractivity contribution is 7.86. The molecule has 0 spiro atoms. The first kappa shape index (κ1) is 24.0. The summed E-state index contributed by atoms with van der Waals surface area (Å²) in [4.78, 5) is 0. The fourth-order valence-electron chi connectivity index (χ4n) is 2.31. The maximum atomic E-state index is 10.7. The molecule has 0 unspecified atom stereocenters. The molecule has 0 bridgehead atoms. The van der Waals surface area contributed by atoms with Crippen molar-refractivity contribution in [3.63, 3.8) is 0 Å². The Hall–Kier alpha value is -1.02. The minimum Gasteiger partial charge on any atom is -0.354 e. The number of rotatable bonds is 10. The lowest BCUT2D eigenvalue weighted by Crippen LogP contribution is -2.21. The summed E-state index contributed by atoms with van der Waals surface area (Å²) in [6.45, 7) is 5.64. The fourth-order valence-corrected chi connectivity index (χ4v) is 2.31. The highest BCUT2D eigenvalue weighted by atomic mass is 32.2. The number of hydrogen-bond acceptors (Lipinski definition) is 2. The molecule has 1 heterocycles. The van der Waals surface area contributed by atoms with Crippen LogP contribution in [-0.4, -0.2) is 23.0 Å². The SMILES string of the molecule is CCCCCCCCCCCn1ccc(C)c1.O=S(=O)(O)C(F)(F)F. The van der Waals surface area contributed by atoms with E-state index in [4.69, 9.17) is 13.0 Å². The van der Waals surface area contributed by atoms with Gasteiger partial charge in [-0.3, -0.25) is 4.55 Å². The second-order valence-electron chi connectivity index (χ2n) is 6.18. The summed E-state index contributed by atoms with van der Waals surface area (Å²) >= 11 is 0. The van der Waals surface area contributed by atoms with Crippen LogP contribution in [0, 0.1) is 6.92 Å². The van der Waals surface area contributed by atoms with E-state index in [0.717, 1.165) is 0 Å². The lowest BCUT2D eigenvalue weighted by Gasteiger charge is -2.03. The van der Waals surface area contributed by atoms with Crippen molar-refractivity contribution >= 4 is 10.1 Å². The van der Waals surface area contributed by atoms with Crippen molar-refractivity contribution in [1.82, 2.24) is 4.57 Å². The van der Waals surface area contributed by atoms with Crippen molar-refractivity contribution in [1.29, 1.82) is 0 Å². The predicted molar refractivity (Wildman–Crippen MR) is 94.0 cm³/mol. The Morgan fingerprint density at radius 3 is 1.80 bits per heavy atom. The van der Waals surface area contributed by atoms with Gasteiger partial charge in [0.05, 0.1) is 0 Å². The Balaban J connectivity index is 0.000000609. The van der Waals surface area contributed by atoms with Gasteiger partial charge in [0.15, 0.2) is 0 Å². The molecule has 148 valence electrons. The second-order valence-corrected chi connectivity index (χ2v) is 7.59. The highest BCUT2D eigenvalue weighted by Crippen LogP contribution is 2.20. The van der Waals surface area contributed by atoms with Crippen LogP contribution in [0.25, 0.3) is 0 Å². The van der Waals surface area contributed by atoms with Gasteiger partial charge in [0.1, 0.15) is 0 Å². The topological polar surface area (TPSA) is 59.3 Å². The number of alkyl halides is 3. The van der Waals surface area contributed by atoms with Gasteiger partial charge in [0.25, 0.3) is 0 Å². The van der Waals surface area contributed by atoms with E-state index in [1.54, 1.807) is 0 Å². The Bertz CT molecular complexity index is 554. The molecule has 0 saturated carbocycles. The molecule has 1 rings (SSSR count). The summed E-state index contributed by atoms with van der Waals surface area (Å²) in [5, 5.41) is 0. The van der Waals surface area contributed by atoms with Crippen LogP contribution in [0.3, 0.4) is 0 Å². The predicted octanol–water partition coefficient (Wildman–Crippen LogP) is 5.72. The summed E-state index contributed by atoms with van der Waals surface area (Å²) < 4.78 is 59.9. The molecule has 0 atom stereocenters. The number of unbranched alkanes of at least 4 members (excludes halogenated alkanes) is 8. The van der Waals surface area contributed by atoms with E-state index in [-0.39, 0.29) is 0 Å². The monoisotopic (exact) mass is 385 g/mol. The average Bonchev–Trinajstić information content (AvgIpc) is 2.90. The third-order valence-corrected chi connectivity index (χ3v) is 4.30. The Kier molecular flexibility index (Phi) is 11.8. The van der Waals surface area contributed by atoms with Crippen molar-refractivity contribution in [3.05, 3.63) is 24.0 Å². The van der Waals surface area contributed by atoms with Crippen LogP contribution in [0.4, 0.5) is 13.2 Å². The van der Waals surface area contributed by atoms with Crippen LogP contribution in [0.1, 0.15) is 70.3 Å². The number of halogens is 3. The molecule has 0 saturated heterocycles. The van der Waals surface area contributed by atoms with Gasteiger partial charge in [-0.15, -0.1) is 0 Å². The lowest BCUT2D eigenvalue weighted by molar-refractivity contribution is -0.0510. The molecule has 0 aliphatic carbocycles. The average molecular weight is 385 g/mol. The van der Waals surface area contributed by atoms with Gasteiger partial charge >= 0.3 is 15.6 Å². The molecule has 25 heavy (non-hydrogen) atoms. The number of nitrogens with zero attached hydrogens (tertiary/aromatic N) is 1. The van der Waals surface area contributed by atoms with Crippen molar-refractivity contribution in [2.45, 2.75) is 83.7 Å². The first-order valence-electron chi connectivity index (χ1n) is 8.74. The molecule has 1 aromatic rings. The van der Waals surface area contributed by atoms with Crippen molar-refractivity contribution in [2.75, 3.05) is 0 Å². The Labute approximate surface area is 149 Å². The summed E-state index contributed by atoms with van der Waals surface area (Å²) in [7, 11) is -5.84. The van der Waals surface area contributed by atoms with Crippen LogP contribution in [0.5, 0.6) is 0 Å². The third-order valence-electron chi connectivity index (χ3n) is 3.71. The number of hydrogen-bond donors (Lipinski definition) is 1. The third kappa shape index (κ3) is 12.9. The van der Waals surface area contributed by atoms with Crippen LogP contribution in [0.15, 0.2) is 18.5 Å². The van der Waals surface area contributed by atoms with E-state index in [2.05, 4.69) is 36.9 Å². The van der Waals surface area contributed by atoms with E-state index in [1.807, 2.05) is 0 Å². The first-order valence-corrected chi connectivity index (χ1v) is 10.2. The van der Waals surface area contributed by atoms with E-state index in [1.165, 1.54) is 69.9 Å². The van der Waals surface area contributed by atoms with E-state index in [9.17, 15) is 13.2 Å². The molecule has 0 aliphatic rings. The zero-order valence-electron chi connectivity index (χ0n) is 15.1. The van der Waals surface area contributed by atoms with Gasteiger partial charge in [-0.05, 0) is 25.0 Å². The Morgan fingerprint density at radius 1 is 1.00 bits per heavy atom. The fraction of sp³-hybridized carbons (Fsp3) is 0.765. The maximum absolute atomic E-state index is 10.7. The van der Waals surface area contributed by atoms with Crippen molar-refractivity contribution in [3.8, 4) is 0 Å². The van der Waals surface area contributed by atoms with E-state index >= 15 is 0 Å². The molecule has 0 radical (unpaired) electrons. The summed E-state index contributed by atoms with van der Waals surface area (Å²) in [6.07, 6.45) is 17.1. The molecule has 0 aliphatic heterocycles. The van der Waals surface area contributed by atoms with E-state index < -0.39 is 15.6 Å². The minimum absolute atomic E-state index is 1.20. The second kappa shape index (κ2) is 12.4. The van der Waals surface area contributed by atoms with Crippen molar-refractivity contribution in [2.24, 2.45) is 0 Å². The molecule has 1 N–H and O–H groups in total. The number of aryl methyl sites for hydroxylation is 2. The molecule has 4 nitrogen and oxygen atoms in total. The largest absolute Gasteiger partial charge is 0.522 e. The Morgan fingerprint density at radius 2 is 1.44 bits per heavy atom. The zero-order chi connectivity index (χ0) is 19.3. The maximum Gasteiger partial charge on any atom is 0.522 e. The minimum atomic E-state index is -5.84. The van der Waals surface area contributed by atoms with Crippen molar-refractivity contribution < 1.29 is 26.1 Å². The van der Waals surface area contributed by atoms with Gasteiger partial charge in [-0.25, -0.2) is 0 Å². The molecule has 0 amide bonds. The van der Waals surface area contributed by atoms with E-state index in [0.29, 0.717) is 0 Å². The van der Waals surface area contributed by atoms with Gasteiger partial charge in [-0.2, -0.15) is 21.6 Å². The first-order chi connectivity index (χ1) is 11.6. The summed E-state index contributed by atoms with van der Waals surface area (Å²) in [5.41, 5.74) is -4.16. The molecular formula is C17H30F3NO3S. The quantitative estimate of drug-likeness (QED) is 0.318. The van der Waals surface area contributed by atoms with Crippen LogP contribution < -0.4 is 0 Å². The molecule has 0 aromatic carbocycles. The highest BCUT2D eigenvalue weighted by Gasteiger charge is 2.44. The molecule has 8 heteroatoms. The van der Waals surface area contributed by atoms with Gasteiger partial charge in [0.2, 0.25) is 0 Å². The number of aromatic nitrogens is 1. The van der Waals surface area contributed by atoms with Gasteiger partial charge in [0, 0.05) is 18.9 Å². The zero-order valence-corrected chi connectivity index (χ0v) is 15.9. The normalized spacial score (nSPS) is 11.9. The van der Waals surface area contributed by atoms with Gasteiger partial charge in [-0.1, -0.05) is 58.3 Å². The smallest absolute Gasteiger partial charge is 0.354 e. The molecule has 1 aromatic heterocycles. The van der Waals surface area contributed by atoms with Crippen LogP contribution in [0.2, 0.25) is 0 Å². The van der Waals surface area contributed by atoms with Crippen LogP contribution >= 0.6 is 0 Å². The summed E-state index contributed by atoms with van der Waals surface area (Å²) in [6, 6.07) is 2.19. The molecule has 0 fully saturated rings. The standard InChI is InChI=1S/C16H29N.CHF3O3S/c1-3-4-5-6-7-8-9-10-11-13-17-14-12-16(2)15-17;2-1(3,4)8(5,6)7/h12,14-15H,3-11,13H2,1-2H3;(H,5,6,7). The van der Waals surface area contributed by atoms with Crippen LogP contribution in [-0.2, 0) is 16.7 Å². The lowest BCUT2D eigenvalue weighted by atomic mass is 10.1.